The number of hydrogen-bond acceptors (Lipinski definition) is 3. The zero-order chi connectivity index (χ0) is 18.0. The third kappa shape index (κ3) is 3.73. The van der Waals surface area contributed by atoms with Crippen LogP contribution in [-0.2, 0) is 4.79 Å². The number of rotatable bonds is 5. The average molecular weight is 448 g/mol. The monoisotopic (exact) mass is 448 g/mol. The number of imide groups is 1. The highest BCUT2D eigenvalue weighted by Crippen LogP contribution is 2.24. The SMILES string of the molecule is Cc1ccc2c(c1)C(=O)N(CCCC(=O)Nc1ccccc1I)C2=O. The molecule has 0 bridgehead atoms. The number of fused-ring (bicyclic) bond motifs is 1. The molecule has 1 N–H and O–H groups in total. The molecule has 0 atom stereocenters. The smallest absolute Gasteiger partial charge is 0.261 e. The first-order valence-corrected chi connectivity index (χ1v) is 9.06. The average Bonchev–Trinajstić information content (AvgIpc) is 2.81. The maximum Gasteiger partial charge on any atom is 0.261 e. The standard InChI is InChI=1S/C19H17IN2O3/c1-12-8-9-13-14(11-12)19(25)22(18(13)24)10-4-7-17(23)21-16-6-3-2-5-15(16)20/h2-3,5-6,8-9,11H,4,7,10H2,1H3,(H,21,23). The second-order valence-corrected chi connectivity index (χ2v) is 7.10. The van der Waals surface area contributed by atoms with E-state index in [0.717, 1.165) is 14.8 Å². The minimum Gasteiger partial charge on any atom is -0.325 e. The van der Waals surface area contributed by atoms with Crippen LogP contribution in [0.15, 0.2) is 42.5 Å². The van der Waals surface area contributed by atoms with Crippen LogP contribution < -0.4 is 5.32 Å². The summed E-state index contributed by atoms with van der Waals surface area (Å²) in [6, 6.07) is 12.8. The van der Waals surface area contributed by atoms with Crippen LogP contribution in [0.3, 0.4) is 0 Å². The van der Waals surface area contributed by atoms with Gasteiger partial charge in [-0.3, -0.25) is 19.3 Å². The van der Waals surface area contributed by atoms with Crippen molar-refractivity contribution in [2.24, 2.45) is 0 Å². The van der Waals surface area contributed by atoms with E-state index in [9.17, 15) is 14.4 Å². The fourth-order valence-electron chi connectivity index (χ4n) is 2.78. The van der Waals surface area contributed by atoms with Crippen molar-refractivity contribution in [1.82, 2.24) is 4.90 Å². The molecule has 2 aromatic rings. The molecule has 0 radical (unpaired) electrons. The molecule has 6 heteroatoms. The summed E-state index contributed by atoms with van der Waals surface area (Å²) in [6.07, 6.45) is 0.678. The van der Waals surface area contributed by atoms with Crippen LogP contribution in [0, 0.1) is 10.5 Å². The summed E-state index contributed by atoms with van der Waals surface area (Å²) >= 11 is 2.16. The number of para-hydroxylation sites is 1. The highest BCUT2D eigenvalue weighted by molar-refractivity contribution is 14.1. The topological polar surface area (TPSA) is 66.5 Å². The van der Waals surface area contributed by atoms with Crippen molar-refractivity contribution in [3.05, 3.63) is 62.7 Å². The van der Waals surface area contributed by atoms with E-state index >= 15 is 0 Å². The Bertz CT molecular complexity index is 863. The molecule has 0 unspecified atom stereocenters. The summed E-state index contributed by atoms with van der Waals surface area (Å²) in [5.41, 5.74) is 2.61. The molecule has 1 aliphatic rings. The Morgan fingerprint density at radius 1 is 1.08 bits per heavy atom. The Hall–Kier alpha value is -2.22. The van der Waals surface area contributed by atoms with Crippen molar-refractivity contribution in [3.8, 4) is 0 Å². The number of halogens is 1. The number of aryl methyl sites for hydroxylation is 1. The lowest BCUT2D eigenvalue weighted by molar-refractivity contribution is -0.116. The van der Waals surface area contributed by atoms with Crippen LogP contribution in [0.4, 0.5) is 5.69 Å². The minimum atomic E-state index is -0.280. The van der Waals surface area contributed by atoms with Gasteiger partial charge in [-0.25, -0.2) is 0 Å². The Labute approximate surface area is 159 Å². The van der Waals surface area contributed by atoms with E-state index < -0.39 is 0 Å². The highest BCUT2D eigenvalue weighted by atomic mass is 127. The Kier molecular flexibility index (Phi) is 5.17. The van der Waals surface area contributed by atoms with Gasteiger partial charge in [-0.1, -0.05) is 23.8 Å². The fraction of sp³-hybridized carbons (Fsp3) is 0.211. The number of anilines is 1. The molecule has 1 aliphatic heterocycles. The number of nitrogens with one attached hydrogen (secondary N) is 1. The maximum absolute atomic E-state index is 12.4. The van der Waals surface area contributed by atoms with Gasteiger partial charge in [-0.2, -0.15) is 0 Å². The van der Waals surface area contributed by atoms with E-state index in [-0.39, 0.29) is 30.7 Å². The highest BCUT2D eigenvalue weighted by Gasteiger charge is 2.34. The van der Waals surface area contributed by atoms with Gasteiger partial charge in [-0.15, -0.1) is 0 Å². The molecule has 0 saturated carbocycles. The molecular formula is C19H17IN2O3. The summed E-state index contributed by atoms with van der Waals surface area (Å²) in [4.78, 5) is 38.0. The number of carbonyl (C=O) groups excluding carboxylic acids is 3. The predicted molar refractivity (Wildman–Crippen MR) is 104 cm³/mol. The van der Waals surface area contributed by atoms with Crippen LogP contribution in [-0.4, -0.2) is 29.2 Å². The van der Waals surface area contributed by atoms with Gasteiger partial charge >= 0.3 is 0 Å². The second kappa shape index (κ2) is 7.35. The molecule has 0 fully saturated rings. The van der Waals surface area contributed by atoms with Gasteiger partial charge in [0.2, 0.25) is 5.91 Å². The first kappa shape index (κ1) is 17.6. The van der Waals surface area contributed by atoms with Gasteiger partial charge < -0.3 is 5.32 Å². The Morgan fingerprint density at radius 3 is 2.56 bits per heavy atom. The first-order valence-electron chi connectivity index (χ1n) is 7.98. The van der Waals surface area contributed by atoms with E-state index in [1.807, 2.05) is 37.3 Å². The molecule has 0 aromatic heterocycles. The zero-order valence-electron chi connectivity index (χ0n) is 13.7. The maximum atomic E-state index is 12.4. The minimum absolute atomic E-state index is 0.128. The largest absolute Gasteiger partial charge is 0.325 e. The molecule has 0 spiro atoms. The van der Waals surface area contributed by atoms with Crippen LogP contribution in [0.25, 0.3) is 0 Å². The van der Waals surface area contributed by atoms with Gasteiger partial charge in [0.1, 0.15) is 0 Å². The summed E-state index contributed by atoms with van der Waals surface area (Å²) < 4.78 is 0.962. The van der Waals surface area contributed by atoms with Gasteiger partial charge in [-0.05, 0) is 60.2 Å². The summed E-state index contributed by atoms with van der Waals surface area (Å²) in [5, 5.41) is 2.85. The number of nitrogens with zero attached hydrogens (tertiary/aromatic N) is 1. The number of benzene rings is 2. The third-order valence-electron chi connectivity index (χ3n) is 4.06. The quantitative estimate of drug-likeness (QED) is 0.562. The van der Waals surface area contributed by atoms with Crippen LogP contribution in [0.5, 0.6) is 0 Å². The van der Waals surface area contributed by atoms with E-state index in [4.69, 9.17) is 0 Å². The molecule has 25 heavy (non-hydrogen) atoms. The summed E-state index contributed by atoms with van der Waals surface area (Å²) in [7, 11) is 0. The fourth-order valence-corrected chi connectivity index (χ4v) is 3.30. The van der Waals surface area contributed by atoms with E-state index in [1.165, 1.54) is 4.90 Å². The molecule has 2 aromatic carbocycles. The van der Waals surface area contributed by atoms with Gasteiger partial charge in [0.15, 0.2) is 0 Å². The van der Waals surface area contributed by atoms with Crippen molar-refractivity contribution in [2.75, 3.05) is 11.9 Å². The molecule has 5 nitrogen and oxygen atoms in total. The number of carbonyl (C=O) groups is 3. The predicted octanol–water partition coefficient (Wildman–Crippen LogP) is 3.61. The van der Waals surface area contributed by atoms with Crippen molar-refractivity contribution < 1.29 is 14.4 Å². The van der Waals surface area contributed by atoms with E-state index in [2.05, 4.69) is 27.9 Å². The Morgan fingerprint density at radius 2 is 1.80 bits per heavy atom. The second-order valence-electron chi connectivity index (χ2n) is 5.94. The van der Waals surface area contributed by atoms with Gasteiger partial charge in [0.25, 0.3) is 11.8 Å². The molecular weight excluding hydrogens is 431 g/mol. The lowest BCUT2D eigenvalue weighted by Crippen LogP contribution is -2.31. The lowest BCUT2D eigenvalue weighted by atomic mass is 10.1. The van der Waals surface area contributed by atoms with Crippen molar-refractivity contribution in [2.45, 2.75) is 19.8 Å². The van der Waals surface area contributed by atoms with Gasteiger partial charge in [0.05, 0.1) is 16.8 Å². The van der Waals surface area contributed by atoms with Crippen molar-refractivity contribution in [3.63, 3.8) is 0 Å². The molecule has 3 amide bonds. The molecule has 1 heterocycles. The van der Waals surface area contributed by atoms with Crippen LogP contribution in [0.2, 0.25) is 0 Å². The summed E-state index contributed by atoms with van der Waals surface area (Å²) in [5.74, 6) is -0.684. The molecule has 0 aliphatic carbocycles. The molecule has 0 saturated heterocycles. The number of amides is 3. The normalized spacial score (nSPS) is 13.1. The molecule has 128 valence electrons. The lowest BCUT2D eigenvalue weighted by Gasteiger charge is -2.13. The van der Waals surface area contributed by atoms with Crippen molar-refractivity contribution >= 4 is 46.0 Å². The molecule has 3 rings (SSSR count). The van der Waals surface area contributed by atoms with Crippen molar-refractivity contribution in [1.29, 1.82) is 0 Å². The van der Waals surface area contributed by atoms with Crippen LogP contribution >= 0.6 is 22.6 Å². The first-order chi connectivity index (χ1) is 12.0. The van der Waals surface area contributed by atoms with Gasteiger partial charge in [0, 0.05) is 16.5 Å². The number of hydrogen-bond donors (Lipinski definition) is 1. The van der Waals surface area contributed by atoms with Crippen LogP contribution in [0.1, 0.15) is 39.1 Å². The summed E-state index contributed by atoms with van der Waals surface area (Å²) in [6.45, 7) is 2.13. The van der Waals surface area contributed by atoms with E-state index in [1.54, 1.807) is 12.1 Å². The van der Waals surface area contributed by atoms with E-state index in [0.29, 0.717) is 17.5 Å². The third-order valence-corrected chi connectivity index (χ3v) is 5.00. The Balaban J connectivity index is 1.56. The zero-order valence-corrected chi connectivity index (χ0v) is 15.9.